The van der Waals surface area contributed by atoms with E-state index in [0.29, 0.717) is 4.90 Å². The highest BCUT2D eigenvalue weighted by Gasteiger charge is 2.27. The third-order valence-corrected chi connectivity index (χ3v) is 4.29. The molecule has 1 aromatic rings. The Balaban J connectivity index is 3.29. The first-order valence-electron chi connectivity index (χ1n) is 5.31. The zero-order valence-corrected chi connectivity index (χ0v) is 11.2. The largest absolute Gasteiger partial charge is 0.385 e. The lowest BCUT2D eigenvalue weighted by Crippen LogP contribution is -2.28. The lowest BCUT2D eigenvalue weighted by molar-refractivity contribution is 0.00886. The molecule has 0 aromatic heterocycles. The van der Waals surface area contributed by atoms with E-state index in [1.54, 1.807) is 25.3 Å². The van der Waals surface area contributed by atoms with Crippen molar-refractivity contribution in [2.45, 2.75) is 31.3 Å². The number of rotatable bonds is 3. The Hall–Kier alpha value is -0.800. The molecule has 3 heteroatoms. The van der Waals surface area contributed by atoms with Crippen molar-refractivity contribution in [2.75, 3.05) is 6.26 Å². The number of aliphatic hydroxyl groups is 1. The van der Waals surface area contributed by atoms with Crippen LogP contribution in [0.25, 0.3) is 0 Å². The van der Waals surface area contributed by atoms with Crippen molar-refractivity contribution < 1.29 is 9.32 Å². The van der Waals surface area contributed by atoms with Crippen LogP contribution in [-0.2, 0) is 15.1 Å². The fraction of sp³-hybridized carbons (Fsp3) is 0.462. The summed E-state index contributed by atoms with van der Waals surface area (Å²) >= 11 is 0. The van der Waals surface area contributed by atoms with E-state index in [0.717, 1.165) is 5.56 Å². The van der Waals surface area contributed by atoms with Crippen molar-refractivity contribution >= 4 is 15.4 Å². The molecule has 0 aliphatic carbocycles. The van der Waals surface area contributed by atoms with Gasteiger partial charge in [-0.15, -0.1) is 0 Å². The molecule has 0 saturated carbocycles. The molecule has 0 bridgehead atoms. The van der Waals surface area contributed by atoms with Gasteiger partial charge in [-0.05, 0) is 45.9 Å². The third-order valence-electron chi connectivity index (χ3n) is 3.04. The molecule has 0 heterocycles. The number of benzene rings is 1. The molecule has 90 valence electrons. The van der Waals surface area contributed by atoms with Gasteiger partial charge in [-0.2, -0.15) is 0 Å². The fourth-order valence-corrected chi connectivity index (χ4v) is 2.16. The molecule has 0 fully saturated rings. The second-order valence-electron chi connectivity index (χ2n) is 4.84. The minimum Gasteiger partial charge on any atom is -0.385 e. The van der Waals surface area contributed by atoms with Gasteiger partial charge in [0.1, 0.15) is 0 Å². The average molecular weight is 240 g/mol. The summed E-state index contributed by atoms with van der Waals surface area (Å²) in [6.45, 7) is 5.69. The lowest BCUT2D eigenvalue weighted by atomic mass is 9.85. The first-order valence-corrected chi connectivity index (χ1v) is 7.44. The van der Waals surface area contributed by atoms with E-state index in [4.69, 9.17) is 0 Å². The topological polar surface area (TPSA) is 37.3 Å². The van der Waals surface area contributed by atoms with Crippen LogP contribution in [0.15, 0.2) is 29.2 Å². The van der Waals surface area contributed by atoms with Gasteiger partial charge in [0, 0.05) is 11.2 Å². The van der Waals surface area contributed by atoms with Crippen molar-refractivity contribution in [3.8, 4) is 0 Å². The van der Waals surface area contributed by atoms with E-state index in [1.165, 1.54) is 0 Å². The lowest BCUT2D eigenvalue weighted by Gasteiger charge is -2.28. The molecule has 16 heavy (non-hydrogen) atoms. The van der Waals surface area contributed by atoms with Crippen LogP contribution in [0.1, 0.15) is 26.3 Å². The quantitative estimate of drug-likeness (QED) is 0.823. The predicted octanol–water partition coefficient (Wildman–Crippen LogP) is 2.26. The Labute approximate surface area is 98.3 Å². The van der Waals surface area contributed by atoms with Crippen molar-refractivity contribution in [2.24, 2.45) is 5.92 Å². The van der Waals surface area contributed by atoms with Crippen molar-refractivity contribution in [1.29, 1.82) is 0 Å². The molecule has 1 aromatic carbocycles. The highest BCUT2D eigenvalue weighted by Crippen LogP contribution is 2.30. The maximum Gasteiger partial charge on any atom is 0.0891 e. The molecule has 1 rings (SSSR count). The zero-order valence-electron chi connectivity index (χ0n) is 10.4. The second kappa shape index (κ2) is 4.22. The van der Waals surface area contributed by atoms with Crippen LogP contribution in [0.3, 0.4) is 0 Å². The van der Waals surface area contributed by atoms with Crippen LogP contribution >= 0.6 is 0 Å². The maximum absolute atomic E-state index is 11.8. The fourth-order valence-electron chi connectivity index (χ4n) is 1.41. The number of hydrogen-bond donors (Lipinski definition) is 1. The Morgan fingerprint density at radius 3 is 2.44 bits per heavy atom. The van der Waals surface area contributed by atoms with Gasteiger partial charge in [-0.25, -0.2) is 0 Å². The van der Waals surface area contributed by atoms with Crippen LogP contribution in [0, 0.1) is 5.92 Å². The van der Waals surface area contributed by atoms with E-state index in [-0.39, 0.29) is 5.92 Å². The summed E-state index contributed by atoms with van der Waals surface area (Å²) in [5.41, 5.74) is -0.112. The highest BCUT2D eigenvalue weighted by molar-refractivity contribution is 7.99. The minimum atomic E-state index is -2.22. The van der Waals surface area contributed by atoms with E-state index in [9.17, 15) is 9.32 Å². The molecular weight excluding hydrogens is 220 g/mol. The summed E-state index contributed by atoms with van der Waals surface area (Å²) in [5.74, 6) is 3.75. The summed E-state index contributed by atoms with van der Waals surface area (Å²) in [4.78, 5) is 0.686. The summed E-state index contributed by atoms with van der Waals surface area (Å²) in [7, 11) is -2.22. The normalized spacial score (nSPS) is 19.1. The Bertz CT molecular complexity index is 470. The zero-order chi connectivity index (χ0) is 12.6. The van der Waals surface area contributed by atoms with Gasteiger partial charge in [0.15, 0.2) is 0 Å². The van der Waals surface area contributed by atoms with Gasteiger partial charge < -0.3 is 5.11 Å². The highest BCUT2D eigenvalue weighted by atomic mass is 32.2. The molecule has 2 nitrogen and oxygen atoms in total. The molecule has 2 unspecified atom stereocenters. The Morgan fingerprint density at radius 2 is 2.00 bits per heavy atom. The summed E-state index contributed by atoms with van der Waals surface area (Å²) in [6, 6.07) is 7.25. The van der Waals surface area contributed by atoms with Crippen LogP contribution in [0.5, 0.6) is 0 Å². The SMILES string of the molecule is C=S(C)(=O)c1cccc(C(C)(O)C(C)C)c1. The Morgan fingerprint density at radius 1 is 1.44 bits per heavy atom. The molecular formula is C13H20O2S. The molecule has 2 atom stereocenters. The average Bonchev–Trinajstić information content (AvgIpc) is 2.16. The van der Waals surface area contributed by atoms with Gasteiger partial charge in [0.2, 0.25) is 0 Å². The van der Waals surface area contributed by atoms with E-state index in [2.05, 4.69) is 5.87 Å². The van der Waals surface area contributed by atoms with Crippen LogP contribution < -0.4 is 0 Å². The van der Waals surface area contributed by atoms with Gasteiger partial charge in [-0.1, -0.05) is 26.0 Å². The Kier molecular flexibility index (Phi) is 3.50. The molecule has 0 aliphatic rings. The first kappa shape index (κ1) is 13.3. The molecule has 1 N–H and O–H groups in total. The second-order valence-corrected chi connectivity index (χ2v) is 7.32. The molecule has 0 amide bonds. The third kappa shape index (κ3) is 2.66. The monoisotopic (exact) mass is 240 g/mol. The minimum absolute atomic E-state index is 0.0977. The van der Waals surface area contributed by atoms with Crippen LogP contribution in [0.2, 0.25) is 0 Å². The standard InChI is InChI=1S/C13H20O2S/c1-10(2)13(3,14)11-7-6-8-12(9-11)16(4,5)15/h6-10,14H,4H2,1-3,5H3. The van der Waals surface area contributed by atoms with Crippen molar-refractivity contribution in [3.63, 3.8) is 0 Å². The van der Waals surface area contributed by atoms with Crippen molar-refractivity contribution in [3.05, 3.63) is 29.8 Å². The van der Waals surface area contributed by atoms with Crippen LogP contribution in [0.4, 0.5) is 0 Å². The van der Waals surface area contributed by atoms with E-state index >= 15 is 0 Å². The first-order chi connectivity index (χ1) is 7.15. The summed E-state index contributed by atoms with van der Waals surface area (Å²) in [6.07, 6.45) is 1.61. The van der Waals surface area contributed by atoms with Gasteiger partial charge >= 0.3 is 0 Å². The van der Waals surface area contributed by atoms with E-state index < -0.39 is 15.1 Å². The molecule has 0 saturated heterocycles. The predicted molar refractivity (Wildman–Crippen MR) is 70.3 cm³/mol. The molecule has 0 spiro atoms. The molecule has 0 radical (unpaired) electrons. The van der Waals surface area contributed by atoms with Crippen LogP contribution in [-0.4, -0.2) is 21.4 Å². The summed E-state index contributed by atoms with van der Waals surface area (Å²) in [5, 5.41) is 10.3. The molecule has 0 aliphatic heterocycles. The summed E-state index contributed by atoms with van der Waals surface area (Å²) < 4.78 is 11.8. The van der Waals surface area contributed by atoms with Gasteiger partial charge in [0.05, 0.1) is 5.60 Å². The smallest absolute Gasteiger partial charge is 0.0891 e. The van der Waals surface area contributed by atoms with Gasteiger partial charge in [-0.3, -0.25) is 4.21 Å². The number of hydrogen-bond acceptors (Lipinski definition) is 2. The van der Waals surface area contributed by atoms with Crippen molar-refractivity contribution in [1.82, 2.24) is 0 Å². The maximum atomic E-state index is 11.8. The van der Waals surface area contributed by atoms with Gasteiger partial charge in [0.25, 0.3) is 0 Å². The van der Waals surface area contributed by atoms with E-state index in [1.807, 2.05) is 26.0 Å².